The van der Waals surface area contributed by atoms with Gasteiger partial charge in [0, 0.05) is 18.5 Å². The summed E-state index contributed by atoms with van der Waals surface area (Å²) in [5, 5.41) is 1.17. The van der Waals surface area contributed by atoms with E-state index in [4.69, 9.17) is 15.5 Å². The third-order valence-corrected chi connectivity index (χ3v) is 3.38. The van der Waals surface area contributed by atoms with Gasteiger partial charge in [-0.3, -0.25) is 0 Å². The second-order valence-electron chi connectivity index (χ2n) is 4.52. The highest BCUT2D eigenvalue weighted by Crippen LogP contribution is 2.20. The molecule has 1 saturated heterocycles. The molecule has 18 heavy (non-hydrogen) atoms. The number of ether oxygens (including phenoxy) is 1. The van der Waals surface area contributed by atoms with Gasteiger partial charge < -0.3 is 15.4 Å². The van der Waals surface area contributed by atoms with Crippen LogP contribution in [0.25, 0.3) is 10.9 Å². The van der Waals surface area contributed by atoms with Gasteiger partial charge in [-0.2, -0.15) is 0 Å². The normalized spacial score (nSPS) is 20.3. The number of hydrogen-bond acceptors (Lipinski definition) is 4. The lowest BCUT2D eigenvalue weighted by Crippen LogP contribution is -2.49. The standard InChI is InChI=1S/C14H17N3O/c15-9-12-10-18-8-7-17(12)14-6-5-11-3-1-2-4-13(11)16-14/h1-6,12H,7-10,15H2. The topological polar surface area (TPSA) is 51.4 Å². The van der Waals surface area contributed by atoms with E-state index in [0.29, 0.717) is 13.2 Å². The molecule has 0 radical (unpaired) electrons. The molecule has 0 bridgehead atoms. The average Bonchev–Trinajstić information content (AvgIpc) is 2.46. The number of fused-ring (bicyclic) bond motifs is 1. The maximum atomic E-state index is 5.79. The van der Waals surface area contributed by atoms with E-state index in [1.54, 1.807) is 0 Å². The van der Waals surface area contributed by atoms with Crippen LogP contribution >= 0.6 is 0 Å². The van der Waals surface area contributed by atoms with E-state index in [2.05, 4.69) is 23.1 Å². The maximum absolute atomic E-state index is 5.79. The summed E-state index contributed by atoms with van der Waals surface area (Å²) in [4.78, 5) is 6.96. The van der Waals surface area contributed by atoms with E-state index >= 15 is 0 Å². The molecule has 1 aromatic carbocycles. The third kappa shape index (κ3) is 2.05. The molecule has 0 aliphatic carbocycles. The first-order valence-electron chi connectivity index (χ1n) is 6.29. The second-order valence-corrected chi connectivity index (χ2v) is 4.52. The Morgan fingerprint density at radius 3 is 3.06 bits per heavy atom. The Morgan fingerprint density at radius 1 is 1.28 bits per heavy atom. The van der Waals surface area contributed by atoms with Gasteiger partial charge in [0.2, 0.25) is 0 Å². The van der Waals surface area contributed by atoms with Gasteiger partial charge in [0.05, 0.1) is 24.8 Å². The van der Waals surface area contributed by atoms with Gasteiger partial charge in [0.15, 0.2) is 0 Å². The van der Waals surface area contributed by atoms with Crippen molar-refractivity contribution in [2.24, 2.45) is 5.73 Å². The SMILES string of the molecule is NCC1COCCN1c1ccc2ccccc2n1. The summed E-state index contributed by atoms with van der Waals surface area (Å²) in [5.41, 5.74) is 6.82. The van der Waals surface area contributed by atoms with Crippen LogP contribution in [0.3, 0.4) is 0 Å². The van der Waals surface area contributed by atoms with Crippen LogP contribution in [0.5, 0.6) is 0 Å². The summed E-state index contributed by atoms with van der Waals surface area (Å²) < 4.78 is 5.46. The zero-order chi connectivity index (χ0) is 12.4. The molecule has 4 heteroatoms. The van der Waals surface area contributed by atoms with E-state index in [1.807, 2.05) is 18.2 Å². The zero-order valence-electron chi connectivity index (χ0n) is 10.2. The number of nitrogens with zero attached hydrogens (tertiary/aromatic N) is 2. The molecule has 1 unspecified atom stereocenters. The molecule has 3 rings (SSSR count). The van der Waals surface area contributed by atoms with Crippen molar-refractivity contribution < 1.29 is 4.74 Å². The van der Waals surface area contributed by atoms with Crippen molar-refractivity contribution >= 4 is 16.7 Å². The number of nitrogens with two attached hydrogens (primary N) is 1. The highest BCUT2D eigenvalue weighted by atomic mass is 16.5. The van der Waals surface area contributed by atoms with Gasteiger partial charge in [-0.05, 0) is 18.2 Å². The highest BCUT2D eigenvalue weighted by Gasteiger charge is 2.22. The predicted molar refractivity (Wildman–Crippen MR) is 72.8 cm³/mol. The number of hydrogen-bond donors (Lipinski definition) is 1. The van der Waals surface area contributed by atoms with E-state index in [-0.39, 0.29) is 6.04 Å². The van der Waals surface area contributed by atoms with E-state index < -0.39 is 0 Å². The van der Waals surface area contributed by atoms with Crippen LogP contribution in [0.2, 0.25) is 0 Å². The molecule has 0 saturated carbocycles. The predicted octanol–water partition coefficient (Wildman–Crippen LogP) is 1.40. The Labute approximate surface area is 106 Å². The Hall–Kier alpha value is -1.65. The average molecular weight is 243 g/mol. The Balaban J connectivity index is 1.97. The lowest BCUT2D eigenvalue weighted by atomic mass is 10.2. The molecule has 0 amide bonds. The summed E-state index contributed by atoms with van der Waals surface area (Å²) in [7, 11) is 0. The molecule has 2 N–H and O–H groups in total. The van der Waals surface area contributed by atoms with Gasteiger partial charge in [0.25, 0.3) is 0 Å². The molecule has 1 aliphatic rings. The number of para-hydroxylation sites is 1. The van der Waals surface area contributed by atoms with Crippen LogP contribution in [0.15, 0.2) is 36.4 Å². The van der Waals surface area contributed by atoms with Crippen LogP contribution in [0.4, 0.5) is 5.82 Å². The Morgan fingerprint density at radius 2 is 2.17 bits per heavy atom. The summed E-state index contributed by atoms with van der Waals surface area (Å²) in [6.45, 7) is 2.87. The molecule has 1 fully saturated rings. The van der Waals surface area contributed by atoms with Crippen molar-refractivity contribution in [3.05, 3.63) is 36.4 Å². The first-order valence-corrected chi connectivity index (χ1v) is 6.29. The zero-order valence-corrected chi connectivity index (χ0v) is 10.2. The Bertz CT molecular complexity index is 543. The minimum absolute atomic E-state index is 0.229. The van der Waals surface area contributed by atoms with Crippen molar-refractivity contribution in [1.29, 1.82) is 0 Å². The van der Waals surface area contributed by atoms with Gasteiger partial charge in [0.1, 0.15) is 5.82 Å². The largest absolute Gasteiger partial charge is 0.377 e. The quantitative estimate of drug-likeness (QED) is 0.866. The Kier molecular flexibility index (Phi) is 3.13. The van der Waals surface area contributed by atoms with E-state index in [1.165, 1.54) is 5.39 Å². The van der Waals surface area contributed by atoms with Crippen LogP contribution in [-0.2, 0) is 4.74 Å². The van der Waals surface area contributed by atoms with Gasteiger partial charge in [-0.1, -0.05) is 18.2 Å². The summed E-state index contributed by atoms with van der Waals surface area (Å²) in [6, 6.07) is 12.6. The molecule has 2 heterocycles. The van der Waals surface area contributed by atoms with Gasteiger partial charge in [-0.25, -0.2) is 4.98 Å². The van der Waals surface area contributed by atoms with Gasteiger partial charge in [-0.15, -0.1) is 0 Å². The maximum Gasteiger partial charge on any atom is 0.129 e. The monoisotopic (exact) mass is 243 g/mol. The number of morpholine rings is 1. The molecule has 1 aliphatic heterocycles. The van der Waals surface area contributed by atoms with Crippen molar-refractivity contribution in [3.8, 4) is 0 Å². The molecule has 1 aromatic heterocycles. The van der Waals surface area contributed by atoms with Crippen LogP contribution < -0.4 is 10.6 Å². The highest BCUT2D eigenvalue weighted by molar-refractivity contribution is 5.80. The van der Waals surface area contributed by atoms with Crippen molar-refractivity contribution in [2.45, 2.75) is 6.04 Å². The number of anilines is 1. The van der Waals surface area contributed by atoms with Crippen LogP contribution in [0.1, 0.15) is 0 Å². The minimum atomic E-state index is 0.229. The van der Waals surface area contributed by atoms with Crippen LogP contribution in [0, 0.1) is 0 Å². The fraction of sp³-hybridized carbons (Fsp3) is 0.357. The summed E-state index contributed by atoms with van der Waals surface area (Å²) in [6.07, 6.45) is 0. The van der Waals surface area contributed by atoms with E-state index in [9.17, 15) is 0 Å². The van der Waals surface area contributed by atoms with Crippen molar-refractivity contribution in [2.75, 3.05) is 31.2 Å². The second kappa shape index (κ2) is 4.92. The third-order valence-electron chi connectivity index (χ3n) is 3.38. The number of aromatic nitrogens is 1. The van der Waals surface area contributed by atoms with E-state index in [0.717, 1.165) is 24.5 Å². The number of benzene rings is 1. The van der Waals surface area contributed by atoms with Gasteiger partial charge >= 0.3 is 0 Å². The lowest BCUT2D eigenvalue weighted by molar-refractivity contribution is 0.0959. The fourth-order valence-electron chi connectivity index (χ4n) is 2.37. The molecule has 1 atom stereocenters. The first-order chi connectivity index (χ1) is 8.88. The summed E-state index contributed by atoms with van der Waals surface area (Å²) >= 11 is 0. The minimum Gasteiger partial charge on any atom is -0.377 e. The molecular formula is C14H17N3O. The van der Waals surface area contributed by atoms with Crippen LogP contribution in [-0.4, -0.2) is 37.3 Å². The smallest absolute Gasteiger partial charge is 0.129 e. The molecule has 2 aromatic rings. The summed E-state index contributed by atoms with van der Waals surface area (Å²) in [5.74, 6) is 0.993. The molecule has 0 spiro atoms. The van der Waals surface area contributed by atoms with Crippen molar-refractivity contribution in [1.82, 2.24) is 4.98 Å². The molecule has 94 valence electrons. The fourth-order valence-corrected chi connectivity index (χ4v) is 2.37. The number of pyridine rings is 1. The molecular weight excluding hydrogens is 226 g/mol. The number of rotatable bonds is 2. The lowest BCUT2D eigenvalue weighted by Gasteiger charge is -2.35. The first kappa shape index (κ1) is 11.4. The molecule has 4 nitrogen and oxygen atoms in total. The van der Waals surface area contributed by atoms with Crippen molar-refractivity contribution in [3.63, 3.8) is 0 Å².